The Morgan fingerprint density at radius 1 is 1.26 bits per heavy atom. The third-order valence-corrected chi connectivity index (χ3v) is 5.44. The molecule has 1 aliphatic carbocycles. The Labute approximate surface area is 114 Å². The number of benzene rings is 1. The molecule has 1 atom stereocenters. The molecule has 2 N–H and O–H groups in total. The molecule has 0 spiro atoms. The van der Waals surface area contributed by atoms with E-state index in [1.54, 1.807) is 12.1 Å². The lowest BCUT2D eigenvalue weighted by molar-refractivity contribution is 0.282. The molecule has 1 unspecified atom stereocenters. The van der Waals surface area contributed by atoms with Crippen LogP contribution in [0.15, 0.2) is 29.2 Å². The predicted octanol–water partition coefficient (Wildman–Crippen LogP) is 2.04. The van der Waals surface area contributed by atoms with E-state index in [1.807, 2.05) is 6.92 Å². The monoisotopic (exact) mass is 283 g/mol. The van der Waals surface area contributed by atoms with Crippen LogP contribution in [0.4, 0.5) is 0 Å². The second-order valence-electron chi connectivity index (χ2n) is 5.26. The Hall–Kier alpha value is -0.910. The van der Waals surface area contributed by atoms with Gasteiger partial charge in [-0.1, -0.05) is 25.0 Å². The van der Waals surface area contributed by atoms with Crippen LogP contribution in [0.1, 0.15) is 38.2 Å². The first-order valence-electron chi connectivity index (χ1n) is 6.75. The first kappa shape index (κ1) is 14.5. The van der Waals surface area contributed by atoms with Gasteiger partial charge in [0, 0.05) is 6.04 Å². The number of aliphatic hydroxyl groups is 1. The van der Waals surface area contributed by atoms with Gasteiger partial charge < -0.3 is 5.11 Å². The molecule has 0 aromatic heterocycles. The summed E-state index contributed by atoms with van der Waals surface area (Å²) in [5.41, 5.74) is 0.711. The Kier molecular flexibility index (Phi) is 4.60. The highest BCUT2D eigenvalue weighted by molar-refractivity contribution is 7.89. The number of rotatable bonds is 5. The minimum absolute atomic E-state index is 0.0231. The molecule has 0 radical (unpaired) electrons. The van der Waals surface area contributed by atoms with Crippen LogP contribution in [0, 0.1) is 5.92 Å². The zero-order valence-electron chi connectivity index (χ0n) is 11.2. The molecule has 0 bridgehead atoms. The molecule has 2 rings (SSSR count). The summed E-state index contributed by atoms with van der Waals surface area (Å²) in [6.45, 7) is 1.86. The van der Waals surface area contributed by atoms with E-state index >= 15 is 0 Å². The fourth-order valence-electron chi connectivity index (χ4n) is 2.64. The molecule has 1 aromatic rings. The average molecular weight is 283 g/mol. The Morgan fingerprint density at radius 2 is 1.84 bits per heavy atom. The van der Waals surface area contributed by atoms with E-state index in [0.29, 0.717) is 11.5 Å². The van der Waals surface area contributed by atoms with E-state index in [9.17, 15) is 8.42 Å². The molecular weight excluding hydrogens is 262 g/mol. The molecular formula is C14H21NO3S. The first-order valence-corrected chi connectivity index (χ1v) is 8.23. The summed E-state index contributed by atoms with van der Waals surface area (Å²) in [5, 5.41) is 8.96. The largest absolute Gasteiger partial charge is 0.392 e. The van der Waals surface area contributed by atoms with Crippen molar-refractivity contribution in [3.63, 3.8) is 0 Å². The second-order valence-corrected chi connectivity index (χ2v) is 6.97. The molecule has 19 heavy (non-hydrogen) atoms. The molecule has 1 aromatic carbocycles. The maximum absolute atomic E-state index is 12.2. The quantitative estimate of drug-likeness (QED) is 0.869. The van der Waals surface area contributed by atoms with Gasteiger partial charge in [0.25, 0.3) is 0 Å². The molecule has 106 valence electrons. The lowest BCUT2D eigenvalue weighted by Gasteiger charge is -2.20. The van der Waals surface area contributed by atoms with Gasteiger partial charge in [0.1, 0.15) is 0 Å². The van der Waals surface area contributed by atoms with Crippen molar-refractivity contribution in [1.29, 1.82) is 0 Å². The van der Waals surface area contributed by atoms with Crippen molar-refractivity contribution >= 4 is 10.0 Å². The van der Waals surface area contributed by atoms with E-state index in [4.69, 9.17) is 5.11 Å². The van der Waals surface area contributed by atoms with E-state index in [0.717, 1.165) is 12.8 Å². The average Bonchev–Trinajstić information content (AvgIpc) is 2.92. The van der Waals surface area contributed by atoms with Crippen molar-refractivity contribution in [3.05, 3.63) is 29.8 Å². The summed E-state index contributed by atoms with van der Waals surface area (Å²) in [7, 11) is -3.45. The highest BCUT2D eigenvalue weighted by Gasteiger charge is 2.25. The summed E-state index contributed by atoms with van der Waals surface area (Å²) in [6.07, 6.45) is 4.60. The van der Waals surface area contributed by atoms with Crippen LogP contribution in [0.2, 0.25) is 0 Å². The zero-order valence-corrected chi connectivity index (χ0v) is 12.0. The Morgan fingerprint density at radius 3 is 2.37 bits per heavy atom. The third kappa shape index (κ3) is 3.55. The van der Waals surface area contributed by atoms with Gasteiger partial charge in [0.15, 0.2) is 0 Å². The van der Waals surface area contributed by atoms with Crippen molar-refractivity contribution in [2.24, 2.45) is 5.92 Å². The minimum atomic E-state index is -3.45. The Bertz CT molecular complexity index is 504. The van der Waals surface area contributed by atoms with E-state index in [1.165, 1.54) is 25.0 Å². The number of nitrogens with one attached hydrogen (secondary N) is 1. The van der Waals surface area contributed by atoms with Crippen molar-refractivity contribution in [1.82, 2.24) is 4.72 Å². The fourth-order valence-corrected chi connectivity index (χ4v) is 3.95. The molecule has 0 heterocycles. The molecule has 4 nitrogen and oxygen atoms in total. The van der Waals surface area contributed by atoms with Gasteiger partial charge in [-0.15, -0.1) is 0 Å². The summed E-state index contributed by atoms with van der Waals surface area (Å²) < 4.78 is 27.2. The number of aliphatic hydroxyl groups excluding tert-OH is 1. The molecule has 0 amide bonds. The predicted molar refractivity (Wildman–Crippen MR) is 74.1 cm³/mol. The highest BCUT2D eigenvalue weighted by atomic mass is 32.2. The molecule has 0 saturated heterocycles. The van der Waals surface area contributed by atoms with Gasteiger partial charge in [0.2, 0.25) is 10.0 Å². The van der Waals surface area contributed by atoms with E-state index in [2.05, 4.69) is 4.72 Å². The molecule has 0 aliphatic heterocycles. The maximum Gasteiger partial charge on any atom is 0.240 e. The minimum Gasteiger partial charge on any atom is -0.392 e. The van der Waals surface area contributed by atoms with Gasteiger partial charge in [-0.2, -0.15) is 0 Å². The van der Waals surface area contributed by atoms with Gasteiger partial charge in [-0.05, 0) is 43.4 Å². The topological polar surface area (TPSA) is 66.4 Å². The molecule has 1 aliphatic rings. The van der Waals surface area contributed by atoms with E-state index < -0.39 is 10.0 Å². The highest BCUT2D eigenvalue weighted by Crippen LogP contribution is 2.28. The van der Waals surface area contributed by atoms with Crippen LogP contribution in [0.5, 0.6) is 0 Å². The van der Waals surface area contributed by atoms with Gasteiger partial charge >= 0.3 is 0 Å². The smallest absolute Gasteiger partial charge is 0.240 e. The van der Waals surface area contributed by atoms with Crippen molar-refractivity contribution in [2.45, 2.75) is 50.2 Å². The lowest BCUT2D eigenvalue weighted by Crippen LogP contribution is -2.37. The lowest BCUT2D eigenvalue weighted by atomic mass is 10.0. The van der Waals surface area contributed by atoms with Crippen LogP contribution in [-0.4, -0.2) is 19.6 Å². The second kappa shape index (κ2) is 6.03. The standard InChI is InChI=1S/C14H21NO3S/c1-11(13-4-2-3-5-13)15-19(17,18)14-8-6-12(10-16)7-9-14/h6-9,11,13,15-16H,2-5,10H2,1H3. The van der Waals surface area contributed by atoms with Crippen molar-refractivity contribution in [2.75, 3.05) is 0 Å². The normalized spacial score (nSPS) is 18.6. The van der Waals surface area contributed by atoms with Crippen LogP contribution in [-0.2, 0) is 16.6 Å². The maximum atomic E-state index is 12.2. The number of hydrogen-bond acceptors (Lipinski definition) is 3. The van der Waals surface area contributed by atoms with Gasteiger partial charge in [-0.25, -0.2) is 13.1 Å². The summed E-state index contributed by atoms with van der Waals surface area (Å²) in [5.74, 6) is 0.450. The van der Waals surface area contributed by atoms with Crippen LogP contribution in [0.3, 0.4) is 0 Å². The molecule has 5 heteroatoms. The fraction of sp³-hybridized carbons (Fsp3) is 0.571. The summed E-state index contributed by atoms with van der Waals surface area (Å²) in [6, 6.07) is 6.32. The molecule has 1 saturated carbocycles. The molecule has 1 fully saturated rings. The number of hydrogen-bond donors (Lipinski definition) is 2. The van der Waals surface area contributed by atoms with Crippen LogP contribution >= 0.6 is 0 Å². The van der Waals surface area contributed by atoms with Gasteiger partial charge in [-0.3, -0.25) is 0 Å². The third-order valence-electron chi connectivity index (χ3n) is 3.86. The zero-order chi connectivity index (χ0) is 13.9. The Balaban J connectivity index is 2.08. The summed E-state index contributed by atoms with van der Waals surface area (Å²) >= 11 is 0. The van der Waals surface area contributed by atoms with Gasteiger partial charge in [0.05, 0.1) is 11.5 Å². The first-order chi connectivity index (χ1) is 9.03. The van der Waals surface area contributed by atoms with Crippen LogP contribution < -0.4 is 4.72 Å². The van der Waals surface area contributed by atoms with E-state index in [-0.39, 0.29) is 17.5 Å². The SMILES string of the molecule is CC(NS(=O)(=O)c1ccc(CO)cc1)C1CCCC1. The summed E-state index contributed by atoms with van der Waals surface area (Å²) in [4.78, 5) is 0.259. The number of sulfonamides is 1. The van der Waals surface area contributed by atoms with Crippen LogP contribution in [0.25, 0.3) is 0 Å². The van der Waals surface area contributed by atoms with Crippen molar-refractivity contribution in [3.8, 4) is 0 Å². The van der Waals surface area contributed by atoms with Crippen molar-refractivity contribution < 1.29 is 13.5 Å².